The summed E-state index contributed by atoms with van der Waals surface area (Å²) >= 11 is 0. The summed E-state index contributed by atoms with van der Waals surface area (Å²) in [6.07, 6.45) is 3.44. The lowest BCUT2D eigenvalue weighted by Gasteiger charge is -2.54. The van der Waals surface area contributed by atoms with Gasteiger partial charge in [-0.25, -0.2) is 4.79 Å². The highest BCUT2D eigenvalue weighted by molar-refractivity contribution is 5.96. The fourth-order valence-corrected chi connectivity index (χ4v) is 11.1. The number of rotatable bonds is 18. The second kappa shape index (κ2) is 23.1. The number of nitrogens with zero attached hydrogens (tertiary/aromatic N) is 3. The van der Waals surface area contributed by atoms with Crippen molar-refractivity contribution in [3.8, 4) is 11.5 Å². The fourth-order valence-electron chi connectivity index (χ4n) is 11.1. The lowest BCUT2D eigenvalue weighted by atomic mass is 9.73. The number of nitrogens with one attached hydrogen (secondary N) is 2. The number of carbonyl (C=O) groups is 3. The second-order valence-electron chi connectivity index (χ2n) is 20.8. The number of aromatic nitrogens is 1. The molecule has 14 heteroatoms. The minimum absolute atomic E-state index is 0.0186. The van der Waals surface area contributed by atoms with Crippen LogP contribution in [0.25, 0.3) is 10.9 Å². The number of aliphatic hydroxyl groups excluding tert-OH is 1. The van der Waals surface area contributed by atoms with Gasteiger partial charge in [0.15, 0.2) is 0 Å². The van der Waals surface area contributed by atoms with E-state index in [1.165, 1.54) is 17.7 Å². The van der Waals surface area contributed by atoms with Crippen LogP contribution in [-0.2, 0) is 34.7 Å². The summed E-state index contributed by atoms with van der Waals surface area (Å²) in [6.45, 7) is 6.43. The zero-order valence-electron chi connectivity index (χ0n) is 42.6. The molecule has 10 rings (SSSR count). The molecule has 3 aliphatic heterocycles. The zero-order chi connectivity index (χ0) is 52.7. The maximum absolute atomic E-state index is 14.0. The van der Waals surface area contributed by atoms with Crippen molar-refractivity contribution in [2.75, 3.05) is 59.0 Å². The van der Waals surface area contributed by atoms with Gasteiger partial charge < -0.3 is 44.9 Å². The standard InChI is InChI=1S/C62H65N5O9/c68-54-25-23-52(53-24-26-56(70)64-57(53)54)55(69)36-63-31-27-43-15-19-47(20-16-43)58(71)66-32-8-30-61(40-66)41-67(42-61)59(72)48-21-17-45(18-22-48)38-75-51-14-7-13-50(35-51)62(74,49-11-5-2-6-12-49)60(73)76-39-46-28-33-65(34-29-46)37-44-9-3-1-4-10-44/h1-7,9-26,35,46,55,63,68-69,74H,8,27-34,36-42H2,(H,64,70)/t55-,62-/m0/s1. The van der Waals surface area contributed by atoms with Crippen molar-refractivity contribution in [3.63, 3.8) is 0 Å². The lowest BCUT2D eigenvalue weighted by Crippen LogP contribution is -2.64. The Labute approximate surface area is 442 Å². The SMILES string of the molecule is O=C(c1ccc(CCNC[C@H](O)c2ccc(O)c3[nH]c(=O)ccc23)cc1)N1CCCC2(C1)CN(C(=O)c1ccc(COc3cccc([C@](O)(C(=O)OCC4CCN(Cc5ccccc5)CC4)c4ccccc4)c3)cc1)C2. The Morgan fingerprint density at radius 2 is 1.38 bits per heavy atom. The Hall–Kier alpha value is -7.62. The van der Waals surface area contributed by atoms with Crippen LogP contribution in [0.5, 0.6) is 11.5 Å². The Morgan fingerprint density at radius 1 is 0.724 bits per heavy atom. The van der Waals surface area contributed by atoms with E-state index in [-0.39, 0.29) is 54.2 Å². The Balaban J connectivity index is 0.677. The molecule has 14 nitrogen and oxygen atoms in total. The largest absolute Gasteiger partial charge is 0.506 e. The van der Waals surface area contributed by atoms with Crippen LogP contribution in [0, 0.1) is 11.3 Å². The predicted molar refractivity (Wildman–Crippen MR) is 290 cm³/mol. The van der Waals surface area contributed by atoms with Gasteiger partial charge in [-0.05, 0) is 134 Å². The Kier molecular flexibility index (Phi) is 15.8. The quantitative estimate of drug-likeness (QED) is 0.0419. The lowest BCUT2D eigenvalue weighted by molar-refractivity contribution is -0.164. The number of aromatic hydroxyl groups is 1. The van der Waals surface area contributed by atoms with Gasteiger partial charge in [-0.15, -0.1) is 0 Å². The highest BCUT2D eigenvalue weighted by Gasteiger charge is 2.48. The number of carbonyl (C=O) groups excluding carboxylic acids is 3. The number of H-pyrrole nitrogens is 1. The summed E-state index contributed by atoms with van der Waals surface area (Å²) in [7, 11) is 0. The van der Waals surface area contributed by atoms with Crippen LogP contribution in [0.1, 0.15) is 85.9 Å². The van der Waals surface area contributed by atoms with E-state index in [1.54, 1.807) is 60.7 Å². The number of likely N-dealkylation sites (tertiary alicyclic amines) is 3. The van der Waals surface area contributed by atoms with Gasteiger partial charge in [0.25, 0.3) is 11.8 Å². The van der Waals surface area contributed by atoms with Crippen molar-refractivity contribution in [1.82, 2.24) is 25.0 Å². The number of phenols is 1. The van der Waals surface area contributed by atoms with Crippen LogP contribution >= 0.6 is 0 Å². The third-order valence-electron chi connectivity index (χ3n) is 15.4. The number of ether oxygens (including phenoxy) is 2. The first-order valence-electron chi connectivity index (χ1n) is 26.4. The first-order chi connectivity index (χ1) is 36.9. The summed E-state index contributed by atoms with van der Waals surface area (Å²) < 4.78 is 12.1. The molecule has 6 aromatic carbocycles. The van der Waals surface area contributed by atoms with Gasteiger partial charge in [-0.3, -0.25) is 19.3 Å². The van der Waals surface area contributed by atoms with Crippen LogP contribution < -0.4 is 15.6 Å². The highest BCUT2D eigenvalue weighted by Crippen LogP contribution is 2.40. The van der Waals surface area contributed by atoms with Gasteiger partial charge in [0, 0.05) is 72.8 Å². The van der Waals surface area contributed by atoms with Crippen LogP contribution in [0.3, 0.4) is 0 Å². The molecule has 0 saturated carbocycles. The number of esters is 1. The van der Waals surface area contributed by atoms with E-state index in [0.717, 1.165) is 56.4 Å². The minimum atomic E-state index is -2.06. The number of amides is 2. The third kappa shape index (κ3) is 11.8. The van der Waals surface area contributed by atoms with Crippen LogP contribution in [0.2, 0.25) is 0 Å². The molecule has 3 aliphatic rings. The van der Waals surface area contributed by atoms with E-state index in [1.807, 2.05) is 70.5 Å². The highest BCUT2D eigenvalue weighted by atomic mass is 16.5. The first-order valence-corrected chi connectivity index (χ1v) is 26.4. The summed E-state index contributed by atoms with van der Waals surface area (Å²) in [5.74, 6) is -0.189. The van der Waals surface area contributed by atoms with E-state index in [0.29, 0.717) is 83.6 Å². The maximum atomic E-state index is 14.0. The van der Waals surface area contributed by atoms with Crippen molar-refractivity contribution in [3.05, 3.63) is 213 Å². The van der Waals surface area contributed by atoms with Gasteiger partial charge in [0.2, 0.25) is 11.2 Å². The van der Waals surface area contributed by atoms with E-state index < -0.39 is 17.7 Å². The molecule has 392 valence electrons. The van der Waals surface area contributed by atoms with Crippen LogP contribution in [0.4, 0.5) is 0 Å². The molecule has 2 atom stereocenters. The Morgan fingerprint density at radius 3 is 2.11 bits per heavy atom. The molecule has 0 unspecified atom stereocenters. The molecule has 1 spiro atoms. The van der Waals surface area contributed by atoms with E-state index in [4.69, 9.17) is 9.47 Å². The molecule has 76 heavy (non-hydrogen) atoms. The molecule has 0 aliphatic carbocycles. The van der Waals surface area contributed by atoms with Gasteiger partial charge in [0.05, 0.1) is 18.2 Å². The monoisotopic (exact) mass is 1020 g/mol. The summed E-state index contributed by atoms with van der Waals surface area (Å²) in [4.78, 5) is 62.0. The van der Waals surface area contributed by atoms with Crippen molar-refractivity contribution in [2.45, 2.75) is 57.0 Å². The van der Waals surface area contributed by atoms with Crippen molar-refractivity contribution < 1.29 is 39.2 Å². The van der Waals surface area contributed by atoms with Crippen LogP contribution in [-0.4, -0.2) is 112 Å². The minimum Gasteiger partial charge on any atom is -0.506 e. The number of pyridine rings is 1. The number of benzene rings is 6. The first kappa shape index (κ1) is 51.8. The number of fused-ring (bicyclic) bond motifs is 1. The normalized spacial score (nSPS) is 16.9. The average Bonchev–Trinajstić information content (AvgIpc) is 3.46. The molecule has 0 bridgehead atoms. The maximum Gasteiger partial charge on any atom is 0.347 e. The molecule has 3 fully saturated rings. The van der Waals surface area contributed by atoms with Gasteiger partial charge in [0.1, 0.15) is 18.1 Å². The fraction of sp³-hybridized carbons (Fsp3) is 0.323. The molecule has 3 saturated heterocycles. The zero-order valence-corrected chi connectivity index (χ0v) is 42.6. The van der Waals surface area contributed by atoms with Gasteiger partial charge >= 0.3 is 5.97 Å². The number of phenolic OH excluding ortho intramolecular Hbond substituents is 1. The second-order valence-corrected chi connectivity index (χ2v) is 20.8. The van der Waals surface area contributed by atoms with Crippen molar-refractivity contribution in [1.29, 1.82) is 0 Å². The number of hydrogen-bond acceptors (Lipinski definition) is 11. The van der Waals surface area contributed by atoms with Gasteiger partial charge in [-0.1, -0.05) is 103 Å². The predicted octanol–water partition coefficient (Wildman–Crippen LogP) is 7.75. The molecule has 7 aromatic rings. The number of aliphatic hydroxyl groups is 2. The molecule has 5 N–H and O–H groups in total. The molecule has 4 heterocycles. The summed E-state index contributed by atoms with van der Waals surface area (Å²) in [5.41, 5.74) is 3.48. The molecular weight excluding hydrogens is 959 g/mol. The number of aromatic amines is 1. The van der Waals surface area contributed by atoms with Crippen molar-refractivity contribution in [2.24, 2.45) is 11.3 Å². The molecule has 2 amide bonds. The van der Waals surface area contributed by atoms with Gasteiger partial charge in [-0.2, -0.15) is 0 Å². The van der Waals surface area contributed by atoms with E-state index in [2.05, 4.69) is 39.5 Å². The third-order valence-corrected chi connectivity index (χ3v) is 15.4. The summed E-state index contributed by atoms with van der Waals surface area (Å²) in [6, 6.07) is 47.3. The number of piperidine rings is 2. The molecule has 0 radical (unpaired) electrons. The smallest absolute Gasteiger partial charge is 0.347 e. The van der Waals surface area contributed by atoms with E-state index in [9.17, 15) is 34.5 Å². The summed E-state index contributed by atoms with van der Waals surface area (Å²) in [5, 5.41) is 37.2. The van der Waals surface area contributed by atoms with E-state index >= 15 is 0 Å². The van der Waals surface area contributed by atoms with Crippen molar-refractivity contribution >= 4 is 28.7 Å². The molecule has 1 aromatic heterocycles. The number of hydrogen-bond donors (Lipinski definition) is 5. The average molecular weight is 1020 g/mol. The molecular formula is C62H65N5O9. The Bertz CT molecular complexity index is 3190. The van der Waals surface area contributed by atoms with Crippen LogP contribution in [0.15, 0.2) is 163 Å². The topological polar surface area (TPSA) is 185 Å².